The van der Waals surface area contributed by atoms with Gasteiger partial charge in [-0.15, -0.1) is 0 Å². The van der Waals surface area contributed by atoms with Gasteiger partial charge in [-0.05, 0) is 31.5 Å². The first-order chi connectivity index (χ1) is 11.2. The lowest BCUT2D eigenvalue weighted by atomic mass is 10.0. The maximum absolute atomic E-state index is 12.5. The van der Waals surface area contributed by atoms with E-state index in [4.69, 9.17) is 0 Å². The van der Waals surface area contributed by atoms with E-state index in [-0.39, 0.29) is 5.75 Å². The number of nitrogens with one attached hydrogen (secondary N) is 1. The van der Waals surface area contributed by atoms with Crippen molar-refractivity contribution in [3.05, 3.63) is 29.8 Å². The van der Waals surface area contributed by atoms with Crippen LogP contribution in [0.1, 0.15) is 31.9 Å². The molecule has 2 N–H and O–H groups in total. The monoisotopic (exact) mass is 373 g/mol. The third-order valence-electron chi connectivity index (χ3n) is 3.25. The fourth-order valence-corrected chi connectivity index (χ4v) is 1.83. The Labute approximate surface area is 139 Å². The van der Waals surface area contributed by atoms with E-state index in [0.717, 1.165) is 0 Å². The van der Waals surface area contributed by atoms with Crippen LogP contribution in [0.15, 0.2) is 24.3 Å². The lowest BCUT2D eigenvalue weighted by Gasteiger charge is -2.26. The van der Waals surface area contributed by atoms with E-state index in [1.165, 1.54) is 31.2 Å². The van der Waals surface area contributed by atoms with Crippen LogP contribution in [0.25, 0.3) is 0 Å². The standard InChI is InChI=1S/C15H17F6NO3/c1-9(22-12(23)7-13(2,24)15(19,20)21)10-4-3-5-11(6-10)25-8-14(16,17)18/h3-6,9,24H,7-8H2,1-2H3,(H,22,23)/t9?,13-/m1/s1. The lowest BCUT2D eigenvalue weighted by Crippen LogP contribution is -2.46. The number of amides is 1. The number of hydrogen-bond donors (Lipinski definition) is 2. The summed E-state index contributed by atoms with van der Waals surface area (Å²) >= 11 is 0. The van der Waals surface area contributed by atoms with Crippen molar-refractivity contribution in [2.45, 2.75) is 44.3 Å². The molecule has 0 saturated carbocycles. The Hall–Kier alpha value is -1.97. The Morgan fingerprint density at radius 2 is 1.84 bits per heavy atom. The van der Waals surface area contributed by atoms with Crippen molar-refractivity contribution in [1.82, 2.24) is 5.32 Å². The van der Waals surface area contributed by atoms with Crippen LogP contribution in [-0.4, -0.2) is 35.6 Å². The summed E-state index contributed by atoms with van der Waals surface area (Å²) in [7, 11) is 0. The Kier molecular flexibility index (Phi) is 6.33. The molecule has 1 aromatic carbocycles. The fraction of sp³-hybridized carbons (Fsp3) is 0.533. The van der Waals surface area contributed by atoms with Crippen molar-refractivity contribution in [2.24, 2.45) is 0 Å². The summed E-state index contributed by atoms with van der Waals surface area (Å²) in [6, 6.07) is 4.56. The zero-order valence-corrected chi connectivity index (χ0v) is 13.3. The summed E-state index contributed by atoms with van der Waals surface area (Å²) in [5, 5.41) is 11.5. The zero-order chi connectivity index (χ0) is 19.5. The van der Waals surface area contributed by atoms with E-state index >= 15 is 0 Å². The van der Waals surface area contributed by atoms with Crippen molar-refractivity contribution >= 4 is 5.91 Å². The van der Waals surface area contributed by atoms with Gasteiger partial charge in [-0.3, -0.25) is 4.79 Å². The van der Waals surface area contributed by atoms with E-state index in [1.807, 2.05) is 0 Å². The Bertz CT molecular complexity index is 598. The van der Waals surface area contributed by atoms with E-state index < -0.39 is 42.9 Å². The molecule has 0 fully saturated rings. The second-order valence-corrected chi connectivity index (χ2v) is 5.71. The molecule has 0 radical (unpaired) electrons. The summed E-state index contributed by atoms with van der Waals surface area (Å²) in [5.74, 6) is -1.16. The maximum Gasteiger partial charge on any atom is 0.422 e. The molecule has 10 heteroatoms. The Morgan fingerprint density at radius 3 is 2.36 bits per heavy atom. The summed E-state index contributed by atoms with van der Waals surface area (Å²) in [5.41, 5.74) is -2.85. The van der Waals surface area contributed by atoms with Gasteiger partial charge in [0, 0.05) is 0 Å². The fourth-order valence-electron chi connectivity index (χ4n) is 1.83. The summed E-state index contributed by atoms with van der Waals surface area (Å²) in [6.07, 6.45) is -10.7. The number of benzene rings is 1. The molecule has 0 bridgehead atoms. The number of carbonyl (C=O) groups is 1. The van der Waals surface area contributed by atoms with Crippen molar-refractivity contribution < 1.29 is 41.0 Å². The number of aliphatic hydroxyl groups is 1. The quantitative estimate of drug-likeness (QED) is 0.751. The molecule has 1 amide bonds. The highest BCUT2D eigenvalue weighted by Crippen LogP contribution is 2.32. The Morgan fingerprint density at radius 1 is 1.24 bits per heavy atom. The molecular formula is C15H17F6NO3. The minimum absolute atomic E-state index is 0.0989. The molecule has 0 aliphatic rings. The molecule has 25 heavy (non-hydrogen) atoms. The maximum atomic E-state index is 12.5. The molecule has 142 valence electrons. The van der Waals surface area contributed by atoms with Gasteiger partial charge in [0.05, 0.1) is 12.5 Å². The highest BCUT2D eigenvalue weighted by Gasteiger charge is 2.51. The molecule has 2 atom stereocenters. The van der Waals surface area contributed by atoms with Crippen LogP contribution in [0.4, 0.5) is 26.3 Å². The third-order valence-corrected chi connectivity index (χ3v) is 3.25. The molecule has 0 saturated heterocycles. The van der Waals surface area contributed by atoms with Crippen LogP contribution in [0.2, 0.25) is 0 Å². The normalized spacial score (nSPS) is 16.0. The number of carbonyl (C=O) groups excluding carboxylic acids is 1. The van der Waals surface area contributed by atoms with Gasteiger partial charge < -0.3 is 15.2 Å². The first-order valence-electron chi connectivity index (χ1n) is 7.09. The average molecular weight is 373 g/mol. The van der Waals surface area contributed by atoms with Crippen molar-refractivity contribution in [3.8, 4) is 5.75 Å². The number of ether oxygens (including phenoxy) is 1. The smallest absolute Gasteiger partial charge is 0.422 e. The van der Waals surface area contributed by atoms with Gasteiger partial charge in [0.25, 0.3) is 0 Å². The van der Waals surface area contributed by atoms with E-state index in [2.05, 4.69) is 10.1 Å². The van der Waals surface area contributed by atoms with E-state index in [9.17, 15) is 36.2 Å². The molecule has 1 rings (SSSR count). The highest BCUT2D eigenvalue weighted by atomic mass is 19.4. The zero-order valence-electron chi connectivity index (χ0n) is 13.3. The van der Waals surface area contributed by atoms with E-state index in [0.29, 0.717) is 12.5 Å². The van der Waals surface area contributed by atoms with Crippen molar-refractivity contribution in [3.63, 3.8) is 0 Å². The summed E-state index contributed by atoms with van der Waals surface area (Å²) in [6.45, 7) is 0.414. The lowest BCUT2D eigenvalue weighted by molar-refractivity contribution is -0.253. The third kappa shape index (κ3) is 6.81. The summed E-state index contributed by atoms with van der Waals surface area (Å²) in [4.78, 5) is 11.7. The molecule has 0 aliphatic heterocycles. The number of hydrogen-bond acceptors (Lipinski definition) is 3. The van der Waals surface area contributed by atoms with Crippen LogP contribution in [0.5, 0.6) is 5.75 Å². The van der Waals surface area contributed by atoms with Gasteiger partial charge in [0.1, 0.15) is 5.75 Å². The molecule has 0 aromatic heterocycles. The van der Waals surface area contributed by atoms with Gasteiger partial charge in [-0.25, -0.2) is 0 Å². The van der Waals surface area contributed by atoms with Gasteiger partial charge in [-0.2, -0.15) is 26.3 Å². The van der Waals surface area contributed by atoms with Crippen molar-refractivity contribution in [1.29, 1.82) is 0 Å². The number of rotatable bonds is 6. The molecule has 0 aliphatic carbocycles. The molecule has 0 heterocycles. The van der Waals surface area contributed by atoms with Gasteiger partial charge in [0.2, 0.25) is 5.91 Å². The predicted molar refractivity (Wildman–Crippen MR) is 75.8 cm³/mol. The molecule has 1 aromatic rings. The minimum atomic E-state index is -4.97. The first-order valence-corrected chi connectivity index (χ1v) is 7.09. The van der Waals surface area contributed by atoms with Crippen LogP contribution in [-0.2, 0) is 4.79 Å². The van der Waals surface area contributed by atoms with Crippen LogP contribution >= 0.6 is 0 Å². The average Bonchev–Trinajstić information content (AvgIpc) is 2.42. The van der Waals surface area contributed by atoms with Crippen molar-refractivity contribution in [2.75, 3.05) is 6.61 Å². The second-order valence-electron chi connectivity index (χ2n) is 5.71. The van der Waals surface area contributed by atoms with Crippen LogP contribution in [0, 0.1) is 0 Å². The second kappa shape index (κ2) is 7.51. The number of halogens is 6. The van der Waals surface area contributed by atoms with Gasteiger partial charge in [0.15, 0.2) is 12.2 Å². The highest BCUT2D eigenvalue weighted by molar-refractivity contribution is 5.77. The molecule has 0 spiro atoms. The van der Waals surface area contributed by atoms with Crippen LogP contribution < -0.4 is 10.1 Å². The van der Waals surface area contributed by atoms with E-state index in [1.54, 1.807) is 0 Å². The van der Waals surface area contributed by atoms with Crippen LogP contribution in [0.3, 0.4) is 0 Å². The SMILES string of the molecule is CC(NC(=O)C[C@@](C)(O)C(F)(F)F)c1cccc(OCC(F)(F)F)c1. The topological polar surface area (TPSA) is 58.6 Å². The molecule has 1 unspecified atom stereocenters. The first kappa shape index (κ1) is 21.1. The van der Waals surface area contributed by atoms with Gasteiger partial charge >= 0.3 is 12.4 Å². The largest absolute Gasteiger partial charge is 0.484 e. The molecular weight excluding hydrogens is 356 g/mol. The predicted octanol–water partition coefficient (Wildman–Crippen LogP) is 3.51. The molecule has 4 nitrogen and oxygen atoms in total. The minimum Gasteiger partial charge on any atom is -0.484 e. The van der Waals surface area contributed by atoms with Gasteiger partial charge in [-0.1, -0.05) is 12.1 Å². The Balaban J connectivity index is 2.71. The summed E-state index contributed by atoms with van der Waals surface area (Å²) < 4.78 is 78.6. The number of alkyl halides is 6.